The summed E-state index contributed by atoms with van der Waals surface area (Å²) in [4.78, 5) is 26.4. The van der Waals surface area contributed by atoms with Gasteiger partial charge in [-0.1, -0.05) is 36.4 Å². The third kappa shape index (κ3) is 4.22. The molecule has 0 unspecified atom stereocenters. The number of hydrogen-bond acceptors (Lipinski definition) is 4. The van der Waals surface area contributed by atoms with Crippen LogP contribution < -0.4 is 10.2 Å². The molecule has 138 valence electrons. The van der Waals surface area contributed by atoms with Gasteiger partial charge >= 0.3 is 0 Å². The van der Waals surface area contributed by atoms with Gasteiger partial charge in [0.1, 0.15) is 9.84 Å². The van der Waals surface area contributed by atoms with Crippen molar-refractivity contribution in [2.45, 2.75) is 12.8 Å². The van der Waals surface area contributed by atoms with E-state index in [2.05, 4.69) is 5.32 Å². The molecule has 6 nitrogen and oxygen atoms in total. The fourth-order valence-electron chi connectivity index (χ4n) is 3.25. The average molecular weight is 374 g/mol. The predicted octanol–water partition coefficient (Wildman–Crippen LogP) is 1.74. The van der Waals surface area contributed by atoms with Crippen LogP contribution >= 0.6 is 0 Å². The zero-order valence-electron chi connectivity index (χ0n) is 14.6. The second kappa shape index (κ2) is 7.45. The predicted molar refractivity (Wildman–Crippen MR) is 102 cm³/mol. The maximum Gasteiger partial charge on any atom is 0.227 e. The van der Waals surface area contributed by atoms with Crippen molar-refractivity contribution < 1.29 is 18.0 Å². The quantitative estimate of drug-likeness (QED) is 0.781. The normalized spacial score (nSPS) is 17.7. The lowest BCUT2D eigenvalue weighted by atomic mass is 10.1. The SMILES string of the molecule is CS(=O)(=O)CCCNC(=O)[C@@H]1CC(=O)N(c2cccc3ccccc23)C1. The first kappa shape index (κ1) is 18.4. The van der Waals surface area contributed by atoms with E-state index in [-0.39, 0.29) is 24.0 Å². The molecule has 0 spiro atoms. The summed E-state index contributed by atoms with van der Waals surface area (Å²) in [5.74, 6) is -0.647. The Labute approximate surface area is 153 Å². The highest BCUT2D eigenvalue weighted by Crippen LogP contribution is 2.31. The smallest absolute Gasteiger partial charge is 0.227 e. The van der Waals surface area contributed by atoms with Gasteiger partial charge in [-0.3, -0.25) is 9.59 Å². The van der Waals surface area contributed by atoms with Crippen LogP contribution in [-0.2, 0) is 19.4 Å². The molecule has 7 heteroatoms. The first-order chi connectivity index (χ1) is 12.3. The standard InChI is InChI=1S/C19H22N2O4S/c1-26(24,25)11-5-10-20-19(23)15-12-18(22)21(13-15)17-9-4-7-14-6-2-3-8-16(14)17/h2-4,6-9,15H,5,10-13H2,1H3,(H,20,23)/t15-/m1/s1. The monoisotopic (exact) mass is 374 g/mol. The van der Waals surface area contributed by atoms with Crippen LogP contribution in [0.3, 0.4) is 0 Å². The molecule has 1 N–H and O–H groups in total. The van der Waals surface area contributed by atoms with Gasteiger partial charge in [0.05, 0.1) is 17.4 Å². The maximum absolute atomic E-state index is 12.5. The Morgan fingerprint density at radius 2 is 1.92 bits per heavy atom. The van der Waals surface area contributed by atoms with Crippen LogP contribution in [0.25, 0.3) is 10.8 Å². The summed E-state index contributed by atoms with van der Waals surface area (Å²) in [7, 11) is -3.03. The molecule has 2 amide bonds. The molecule has 1 heterocycles. The van der Waals surface area contributed by atoms with E-state index >= 15 is 0 Å². The van der Waals surface area contributed by atoms with Crippen LogP contribution in [0.4, 0.5) is 5.69 Å². The molecular formula is C19H22N2O4S. The number of rotatable bonds is 6. The summed E-state index contributed by atoms with van der Waals surface area (Å²) in [5, 5.41) is 4.78. The summed E-state index contributed by atoms with van der Waals surface area (Å²) in [6, 6.07) is 13.6. The van der Waals surface area contributed by atoms with E-state index in [1.54, 1.807) is 4.90 Å². The van der Waals surface area contributed by atoms with E-state index in [1.807, 2.05) is 42.5 Å². The Kier molecular flexibility index (Phi) is 5.27. The molecule has 0 bridgehead atoms. The Hall–Kier alpha value is -2.41. The van der Waals surface area contributed by atoms with Crippen molar-refractivity contribution in [3.8, 4) is 0 Å². The minimum Gasteiger partial charge on any atom is -0.356 e. The first-order valence-electron chi connectivity index (χ1n) is 8.59. The number of anilines is 1. The van der Waals surface area contributed by atoms with Gasteiger partial charge in [-0.05, 0) is 17.9 Å². The minimum atomic E-state index is -3.03. The molecular weight excluding hydrogens is 352 g/mol. The molecule has 0 saturated carbocycles. The highest BCUT2D eigenvalue weighted by Gasteiger charge is 2.35. The van der Waals surface area contributed by atoms with E-state index in [1.165, 1.54) is 6.26 Å². The number of sulfone groups is 1. The van der Waals surface area contributed by atoms with Crippen LogP contribution in [-0.4, -0.2) is 45.3 Å². The summed E-state index contributed by atoms with van der Waals surface area (Å²) < 4.78 is 22.2. The summed E-state index contributed by atoms with van der Waals surface area (Å²) >= 11 is 0. The van der Waals surface area contributed by atoms with Crippen LogP contribution in [0, 0.1) is 5.92 Å². The molecule has 26 heavy (non-hydrogen) atoms. The zero-order valence-corrected chi connectivity index (χ0v) is 15.5. The Bertz CT molecular complexity index is 934. The van der Waals surface area contributed by atoms with Crippen molar-refractivity contribution in [3.05, 3.63) is 42.5 Å². The summed E-state index contributed by atoms with van der Waals surface area (Å²) in [5.41, 5.74) is 0.820. The largest absolute Gasteiger partial charge is 0.356 e. The maximum atomic E-state index is 12.5. The lowest BCUT2D eigenvalue weighted by Gasteiger charge is -2.19. The number of amides is 2. The highest BCUT2D eigenvalue weighted by molar-refractivity contribution is 7.90. The lowest BCUT2D eigenvalue weighted by molar-refractivity contribution is -0.126. The third-order valence-corrected chi connectivity index (χ3v) is 5.57. The number of nitrogens with zero attached hydrogens (tertiary/aromatic N) is 1. The number of carbonyl (C=O) groups excluding carboxylic acids is 2. The fraction of sp³-hybridized carbons (Fsp3) is 0.368. The van der Waals surface area contributed by atoms with Crippen molar-refractivity contribution >= 4 is 38.1 Å². The number of carbonyl (C=O) groups is 2. The number of hydrogen-bond donors (Lipinski definition) is 1. The molecule has 2 aromatic carbocycles. The van der Waals surface area contributed by atoms with Gasteiger partial charge in [0.2, 0.25) is 11.8 Å². The molecule has 0 aromatic heterocycles. The molecule has 1 saturated heterocycles. The Morgan fingerprint density at radius 3 is 2.69 bits per heavy atom. The molecule has 0 aliphatic carbocycles. The third-order valence-electron chi connectivity index (χ3n) is 4.54. The van der Waals surface area contributed by atoms with Crippen LogP contribution in [0.15, 0.2) is 42.5 Å². The van der Waals surface area contributed by atoms with Crippen molar-refractivity contribution in [1.82, 2.24) is 5.32 Å². The van der Waals surface area contributed by atoms with Gasteiger partial charge in [-0.15, -0.1) is 0 Å². The second-order valence-corrected chi connectivity index (χ2v) is 8.94. The number of benzene rings is 2. The average Bonchev–Trinajstić information content (AvgIpc) is 2.99. The van der Waals surface area contributed by atoms with E-state index in [9.17, 15) is 18.0 Å². The van der Waals surface area contributed by atoms with E-state index < -0.39 is 15.8 Å². The van der Waals surface area contributed by atoms with Gasteiger partial charge in [0.15, 0.2) is 0 Å². The van der Waals surface area contributed by atoms with Crippen LogP contribution in [0.2, 0.25) is 0 Å². The van der Waals surface area contributed by atoms with Crippen LogP contribution in [0.5, 0.6) is 0 Å². The number of nitrogens with one attached hydrogen (secondary N) is 1. The van der Waals surface area contributed by atoms with E-state index in [4.69, 9.17) is 0 Å². The molecule has 2 aromatic rings. The Balaban J connectivity index is 1.66. The fourth-order valence-corrected chi connectivity index (χ4v) is 3.92. The van der Waals surface area contributed by atoms with Gasteiger partial charge in [-0.2, -0.15) is 0 Å². The van der Waals surface area contributed by atoms with Gasteiger partial charge in [-0.25, -0.2) is 8.42 Å². The van der Waals surface area contributed by atoms with Crippen molar-refractivity contribution in [2.75, 3.05) is 30.0 Å². The molecule has 1 aliphatic rings. The molecule has 0 radical (unpaired) electrons. The summed E-state index contributed by atoms with van der Waals surface area (Å²) in [6.45, 7) is 0.635. The zero-order chi connectivity index (χ0) is 18.7. The molecule has 1 fully saturated rings. The lowest BCUT2D eigenvalue weighted by Crippen LogP contribution is -2.34. The minimum absolute atomic E-state index is 0.0407. The molecule has 1 aliphatic heterocycles. The number of fused-ring (bicyclic) bond motifs is 1. The van der Waals surface area contributed by atoms with E-state index in [0.717, 1.165) is 16.5 Å². The summed E-state index contributed by atoms with van der Waals surface area (Å²) in [6.07, 6.45) is 1.71. The Morgan fingerprint density at radius 1 is 1.19 bits per heavy atom. The highest BCUT2D eigenvalue weighted by atomic mass is 32.2. The van der Waals surface area contributed by atoms with Crippen molar-refractivity contribution in [3.63, 3.8) is 0 Å². The van der Waals surface area contributed by atoms with Crippen molar-refractivity contribution in [2.24, 2.45) is 5.92 Å². The molecule has 1 atom stereocenters. The van der Waals surface area contributed by atoms with Crippen LogP contribution in [0.1, 0.15) is 12.8 Å². The van der Waals surface area contributed by atoms with Crippen molar-refractivity contribution in [1.29, 1.82) is 0 Å². The van der Waals surface area contributed by atoms with Gasteiger partial charge in [0, 0.05) is 31.2 Å². The first-order valence-corrected chi connectivity index (χ1v) is 10.6. The van der Waals surface area contributed by atoms with Gasteiger partial charge in [0.25, 0.3) is 0 Å². The topological polar surface area (TPSA) is 83.5 Å². The van der Waals surface area contributed by atoms with Gasteiger partial charge < -0.3 is 10.2 Å². The second-order valence-electron chi connectivity index (χ2n) is 6.68. The molecule has 3 rings (SSSR count). The van der Waals surface area contributed by atoms with E-state index in [0.29, 0.717) is 19.5 Å².